The Kier molecular flexibility index (Phi) is 8.55. The van der Waals surface area contributed by atoms with E-state index in [1.807, 2.05) is 0 Å². The average Bonchev–Trinajstić information content (AvgIpc) is 2.46. The van der Waals surface area contributed by atoms with Gasteiger partial charge in [0.2, 0.25) is 0 Å². The van der Waals surface area contributed by atoms with E-state index >= 15 is 0 Å². The predicted octanol–water partition coefficient (Wildman–Crippen LogP) is -1.25. The fourth-order valence-corrected chi connectivity index (χ4v) is 2.15. The summed E-state index contributed by atoms with van der Waals surface area (Å²) in [7, 11) is 0. The van der Waals surface area contributed by atoms with Crippen LogP contribution < -0.4 is 0 Å². The lowest BCUT2D eigenvalue weighted by atomic mass is 9.99. The van der Waals surface area contributed by atoms with Gasteiger partial charge in [-0.3, -0.25) is 0 Å². The van der Waals surface area contributed by atoms with Crippen LogP contribution in [-0.2, 0) is 9.47 Å². The zero-order valence-electron chi connectivity index (χ0n) is 11.6. The van der Waals surface area contributed by atoms with Crippen molar-refractivity contribution in [3.8, 4) is 0 Å². The molecule has 5 N–H and O–H groups in total. The first-order valence-corrected chi connectivity index (χ1v) is 7.14. The molecule has 0 aromatic carbocycles. The molecule has 0 saturated carbocycles. The minimum absolute atomic E-state index is 0.210. The summed E-state index contributed by atoms with van der Waals surface area (Å²) in [4.78, 5) is 0. The molecule has 0 radical (unpaired) electrons. The van der Waals surface area contributed by atoms with Crippen molar-refractivity contribution in [1.29, 1.82) is 0 Å². The van der Waals surface area contributed by atoms with Crippen LogP contribution in [0.1, 0.15) is 32.1 Å². The fourth-order valence-electron chi connectivity index (χ4n) is 2.15. The maximum atomic E-state index is 9.72. The van der Waals surface area contributed by atoms with Gasteiger partial charge in [0.1, 0.15) is 24.4 Å². The van der Waals surface area contributed by atoms with E-state index < -0.39 is 37.3 Å². The number of hydrogen-bond donors (Lipinski definition) is 5. The summed E-state index contributed by atoms with van der Waals surface area (Å²) in [5, 5.41) is 46.5. The smallest absolute Gasteiger partial charge is 0.186 e. The maximum Gasteiger partial charge on any atom is 0.186 e. The number of rotatable bonds is 9. The third-order valence-electron chi connectivity index (χ3n) is 3.43. The largest absolute Gasteiger partial charge is 0.396 e. The summed E-state index contributed by atoms with van der Waals surface area (Å²) in [6.45, 7) is 0.120. The second kappa shape index (κ2) is 9.62. The summed E-state index contributed by atoms with van der Waals surface area (Å²) >= 11 is 0. The standard InChI is InChI=1S/C13H26O7/c14-6-4-2-1-3-5-7-19-13-12(18)11(17)10(16)9(8-15)20-13/h9-18H,1-8H2/t9-,10-,11+,12-,13-/m1/s1. The van der Waals surface area contributed by atoms with Crippen molar-refractivity contribution in [2.45, 2.75) is 62.8 Å². The van der Waals surface area contributed by atoms with Crippen LogP contribution in [0.2, 0.25) is 0 Å². The van der Waals surface area contributed by atoms with Gasteiger partial charge in [-0.25, -0.2) is 0 Å². The third-order valence-corrected chi connectivity index (χ3v) is 3.43. The van der Waals surface area contributed by atoms with Gasteiger partial charge >= 0.3 is 0 Å². The highest BCUT2D eigenvalue weighted by Gasteiger charge is 2.43. The quantitative estimate of drug-likeness (QED) is 0.337. The lowest BCUT2D eigenvalue weighted by Crippen LogP contribution is -2.59. The van der Waals surface area contributed by atoms with Gasteiger partial charge in [0.15, 0.2) is 6.29 Å². The fraction of sp³-hybridized carbons (Fsp3) is 1.00. The molecular weight excluding hydrogens is 268 g/mol. The van der Waals surface area contributed by atoms with Gasteiger partial charge in [-0.05, 0) is 12.8 Å². The van der Waals surface area contributed by atoms with E-state index in [4.69, 9.17) is 19.7 Å². The molecule has 0 bridgehead atoms. The van der Waals surface area contributed by atoms with Crippen molar-refractivity contribution in [3.63, 3.8) is 0 Å². The zero-order valence-corrected chi connectivity index (χ0v) is 11.6. The van der Waals surface area contributed by atoms with Crippen LogP contribution in [0.4, 0.5) is 0 Å². The van der Waals surface area contributed by atoms with Gasteiger partial charge in [0.25, 0.3) is 0 Å². The summed E-state index contributed by atoms with van der Waals surface area (Å²) in [5.74, 6) is 0. The second-order valence-electron chi connectivity index (χ2n) is 5.06. The Bertz CT molecular complexity index is 249. The van der Waals surface area contributed by atoms with E-state index in [1.54, 1.807) is 0 Å². The molecule has 0 spiro atoms. The summed E-state index contributed by atoms with van der Waals surface area (Å²) in [5.41, 5.74) is 0. The molecule has 7 heteroatoms. The highest BCUT2D eigenvalue weighted by Crippen LogP contribution is 2.22. The van der Waals surface area contributed by atoms with Gasteiger partial charge in [0, 0.05) is 13.2 Å². The van der Waals surface area contributed by atoms with E-state index in [0.29, 0.717) is 6.61 Å². The molecule has 1 fully saturated rings. The third kappa shape index (κ3) is 5.25. The number of aliphatic hydroxyl groups is 5. The molecule has 0 unspecified atom stereocenters. The summed E-state index contributed by atoms with van der Waals surface area (Å²) in [6, 6.07) is 0. The molecule has 0 aliphatic carbocycles. The summed E-state index contributed by atoms with van der Waals surface area (Å²) in [6.07, 6.45) is -1.56. The molecule has 120 valence electrons. The summed E-state index contributed by atoms with van der Waals surface area (Å²) < 4.78 is 10.6. The molecular formula is C13H26O7. The van der Waals surface area contributed by atoms with Crippen LogP contribution in [0.25, 0.3) is 0 Å². The normalized spacial score (nSPS) is 34.4. The Labute approximate surface area is 118 Å². The van der Waals surface area contributed by atoms with Crippen LogP contribution in [0.5, 0.6) is 0 Å². The van der Waals surface area contributed by atoms with Crippen molar-refractivity contribution in [2.75, 3.05) is 19.8 Å². The monoisotopic (exact) mass is 294 g/mol. The Morgan fingerprint density at radius 2 is 1.45 bits per heavy atom. The van der Waals surface area contributed by atoms with E-state index in [0.717, 1.165) is 32.1 Å². The minimum atomic E-state index is -1.39. The van der Waals surface area contributed by atoms with Crippen molar-refractivity contribution in [3.05, 3.63) is 0 Å². The Morgan fingerprint density at radius 3 is 2.10 bits per heavy atom. The van der Waals surface area contributed by atoms with Crippen molar-refractivity contribution < 1.29 is 35.0 Å². The number of hydrogen-bond acceptors (Lipinski definition) is 7. The highest BCUT2D eigenvalue weighted by molar-refractivity contribution is 4.88. The first kappa shape index (κ1) is 17.8. The molecule has 1 aliphatic rings. The first-order valence-electron chi connectivity index (χ1n) is 7.14. The molecule has 20 heavy (non-hydrogen) atoms. The van der Waals surface area contributed by atoms with Crippen LogP contribution >= 0.6 is 0 Å². The first-order chi connectivity index (χ1) is 9.61. The molecule has 1 saturated heterocycles. The second-order valence-corrected chi connectivity index (χ2v) is 5.06. The SMILES string of the molecule is OCCCCCCCO[C@@H]1O[C@H](CO)[C@@H](O)[C@H](O)[C@H]1O. The Hall–Kier alpha value is -0.280. The molecule has 1 heterocycles. The van der Waals surface area contributed by atoms with E-state index in [2.05, 4.69) is 0 Å². The van der Waals surface area contributed by atoms with Gasteiger partial charge < -0.3 is 35.0 Å². The van der Waals surface area contributed by atoms with Crippen LogP contribution in [-0.4, -0.2) is 76.1 Å². The van der Waals surface area contributed by atoms with Gasteiger partial charge in [-0.1, -0.05) is 19.3 Å². The number of ether oxygens (including phenoxy) is 2. The van der Waals surface area contributed by atoms with E-state index in [-0.39, 0.29) is 6.61 Å². The highest BCUT2D eigenvalue weighted by atomic mass is 16.7. The molecule has 1 aliphatic heterocycles. The molecule has 7 nitrogen and oxygen atoms in total. The van der Waals surface area contributed by atoms with E-state index in [9.17, 15) is 15.3 Å². The number of unbranched alkanes of at least 4 members (excludes halogenated alkanes) is 4. The van der Waals surface area contributed by atoms with Gasteiger partial charge in [-0.15, -0.1) is 0 Å². The van der Waals surface area contributed by atoms with Crippen molar-refractivity contribution in [2.24, 2.45) is 0 Å². The molecule has 5 atom stereocenters. The Balaban J connectivity index is 2.21. The van der Waals surface area contributed by atoms with Gasteiger partial charge in [0.05, 0.1) is 6.61 Å². The van der Waals surface area contributed by atoms with Crippen molar-refractivity contribution in [1.82, 2.24) is 0 Å². The predicted molar refractivity (Wildman–Crippen MR) is 69.9 cm³/mol. The van der Waals surface area contributed by atoms with E-state index in [1.165, 1.54) is 0 Å². The zero-order chi connectivity index (χ0) is 15.0. The van der Waals surface area contributed by atoms with Crippen LogP contribution in [0.3, 0.4) is 0 Å². The lowest BCUT2D eigenvalue weighted by molar-refractivity contribution is -0.301. The van der Waals surface area contributed by atoms with Crippen LogP contribution in [0, 0.1) is 0 Å². The van der Waals surface area contributed by atoms with Crippen molar-refractivity contribution >= 4 is 0 Å². The molecule has 0 amide bonds. The average molecular weight is 294 g/mol. The molecule has 1 rings (SSSR count). The lowest BCUT2D eigenvalue weighted by Gasteiger charge is -2.39. The van der Waals surface area contributed by atoms with Crippen LogP contribution in [0.15, 0.2) is 0 Å². The minimum Gasteiger partial charge on any atom is -0.396 e. The molecule has 0 aromatic heterocycles. The Morgan fingerprint density at radius 1 is 0.800 bits per heavy atom. The topological polar surface area (TPSA) is 120 Å². The van der Waals surface area contributed by atoms with Gasteiger partial charge in [-0.2, -0.15) is 0 Å². The molecule has 0 aromatic rings. The maximum absolute atomic E-state index is 9.72. The number of aliphatic hydroxyl groups excluding tert-OH is 5.